The number of rotatable bonds is 3. The average molecular weight is 240 g/mol. The highest BCUT2D eigenvalue weighted by Crippen LogP contribution is 2.38. The molecule has 1 aliphatic carbocycles. The van der Waals surface area contributed by atoms with E-state index >= 15 is 0 Å². The molecule has 88 valence electrons. The smallest absolute Gasteiger partial charge is 0.0624 e. The van der Waals surface area contributed by atoms with Gasteiger partial charge in [-0.3, -0.25) is 4.98 Å². The first-order valence-electron chi connectivity index (χ1n) is 6.02. The van der Waals surface area contributed by atoms with Crippen LogP contribution in [0.4, 0.5) is 0 Å². The van der Waals surface area contributed by atoms with Gasteiger partial charge in [-0.15, -0.1) is 0 Å². The van der Waals surface area contributed by atoms with Gasteiger partial charge >= 0.3 is 0 Å². The van der Waals surface area contributed by atoms with Gasteiger partial charge in [0.15, 0.2) is 0 Å². The topological polar surface area (TPSA) is 33.1 Å². The molecule has 1 heterocycles. The standard InChI is InChI=1S/C13H18ClNO/c14-12-2-1-8-15-13(12)11-5-3-10(4-6-11)7-9-16/h1-2,8,10-11,16H,3-7,9H2. The quantitative estimate of drug-likeness (QED) is 0.877. The van der Waals surface area contributed by atoms with Crippen LogP contribution in [0.25, 0.3) is 0 Å². The molecule has 1 aromatic rings. The van der Waals surface area contributed by atoms with E-state index in [1.807, 2.05) is 18.3 Å². The van der Waals surface area contributed by atoms with Crippen molar-refractivity contribution in [2.75, 3.05) is 6.61 Å². The maximum atomic E-state index is 8.91. The Balaban J connectivity index is 1.96. The summed E-state index contributed by atoms with van der Waals surface area (Å²) >= 11 is 6.15. The van der Waals surface area contributed by atoms with E-state index in [4.69, 9.17) is 16.7 Å². The summed E-state index contributed by atoms with van der Waals surface area (Å²) in [7, 11) is 0. The van der Waals surface area contributed by atoms with Crippen LogP contribution in [-0.2, 0) is 0 Å². The van der Waals surface area contributed by atoms with E-state index in [1.54, 1.807) is 0 Å². The minimum absolute atomic E-state index is 0.319. The van der Waals surface area contributed by atoms with Gasteiger partial charge in [-0.05, 0) is 50.2 Å². The molecule has 0 aliphatic heterocycles. The Labute approximate surface area is 102 Å². The van der Waals surface area contributed by atoms with Gasteiger partial charge in [0, 0.05) is 18.7 Å². The van der Waals surface area contributed by atoms with E-state index in [0.29, 0.717) is 18.4 Å². The zero-order valence-corrected chi connectivity index (χ0v) is 10.2. The van der Waals surface area contributed by atoms with Gasteiger partial charge < -0.3 is 5.11 Å². The predicted octanol–water partition coefficient (Wildman–Crippen LogP) is 3.39. The highest BCUT2D eigenvalue weighted by atomic mass is 35.5. The summed E-state index contributed by atoms with van der Waals surface area (Å²) in [6, 6.07) is 3.80. The monoisotopic (exact) mass is 239 g/mol. The third-order valence-electron chi connectivity index (χ3n) is 3.56. The minimum atomic E-state index is 0.319. The zero-order valence-electron chi connectivity index (χ0n) is 9.40. The number of aliphatic hydroxyl groups excluding tert-OH is 1. The summed E-state index contributed by atoms with van der Waals surface area (Å²) in [6.45, 7) is 0.319. The van der Waals surface area contributed by atoms with E-state index in [2.05, 4.69) is 4.98 Å². The lowest BCUT2D eigenvalue weighted by Gasteiger charge is -2.28. The number of aromatic nitrogens is 1. The van der Waals surface area contributed by atoms with Crippen molar-refractivity contribution < 1.29 is 5.11 Å². The van der Waals surface area contributed by atoms with Crippen molar-refractivity contribution in [1.82, 2.24) is 4.98 Å². The van der Waals surface area contributed by atoms with Crippen molar-refractivity contribution in [2.45, 2.75) is 38.0 Å². The van der Waals surface area contributed by atoms with Crippen LogP contribution in [-0.4, -0.2) is 16.7 Å². The van der Waals surface area contributed by atoms with Crippen molar-refractivity contribution in [3.8, 4) is 0 Å². The van der Waals surface area contributed by atoms with Crippen LogP contribution in [0, 0.1) is 5.92 Å². The van der Waals surface area contributed by atoms with Gasteiger partial charge in [0.25, 0.3) is 0 Å². The average Bonchev–Trinajstić information content (AvgIpc) is 2.31. The lowest BCUT2D eigenvalue weighted by molar-refractivity contribution is 0.222. The van der Waals surface area contributed by atoms with Gasteiger partial charge in [-0.2, -0.15) is 0 Å². The Hall–Kier alpha value is -0.600. The molecule has 0 atom stereocenters. The minimum Gasteiger partial charge on any atom is -0.396 e. The number of nitrogens with zero attached hydrogens (tertiary/aromatic N) is 1. The molecule has 2 nitrogen and oxygen atoms in total. The molecule has 16 heavy (non-hydrogen) atoms. The summed E-state index contributed by atoms with van der Waals surface area (Å²) in [6.07, 6.45) is 7.46. The molecule has 0 radical (unpaired) electrons. The third kappa shape index (κ3) is 2.74. The summed E-state index contributed by atoms with van der Waals surface area (Å²) in [5.74, 6) is 1.22. The Morgan fingerprint density at radius 1 is 1.31 bits per heavy atom. The number of halogens is 1. The van der Waals surface area contributed by atoms with E-state index < -0.39 is 0 Å². The van der Waals surface area contributed by atoms with Crippen LogP contribution in [0.3, 0.4) is 0 Å². The molecule has 1 fully saturated rings. The largest absolute Gasteiger partial charge is 0.396 e. The SMILES string of the molecule is OCCC1CCC(c2ncccc2Cl)CC1. The fourth-order valence-corrected chi connectivity index (χ4v) is 2.88. The molecule has 1 N–H and O–H groups in total. The Morgan fingerprint density at radius 2 is 2.06 bits per heavy atom. The summed E-state index contributed by atoms with van der Waals surface area (Å²) < 4.78 is 0. The van der Waals surface area contributed by atoms with Crippen LogP contribution in [0.5, 0.6) is 0 Å². The van der Waals surface area contributed by atoms with E-state index in [9.17, 15) is 0 Å². The fourth-order valence-electron chi connectivity index (χ4n) is 2.61. The lowest BCUT2D eigenvalue weighted by atomic mass is 9.79. The second-order valence-electron chi connectivity index (χ2n) is 4.60. The van der Waals surface area contributed by atoms with Gasteiger partial charge in [0.05, 0.1) is 10.7 Å². The van der Waals surface area contributed by atoms with Gasteiger partial charge in [0.2, 0.25) is 0 Å². The molecule has 1 saturated carbocycles. The summed E-state index contributed by atoms with van der Waals surface area (Å²) in [5, 5.41) is 9.71. The van der Waals surface area contributed by atoms with Gasteiger partial charge in [-0.25, -0.2) is 0 Å². The lowest BCUT2D eigenvalue weighted by Crippen LogP contribution is -2.15. The Morgan fingerprint density at radius 3 is 2.69 bits per heavy atom. The van der Waals surface area contributed by atoms with E-state index in [1.165, 1.54) is 12.8 Å². The molecule has 3 heteroatoms. The van der Waals surface area contributed by atoms with Gasteiger partial charge in [0.1, 0.15) is 0 Å². The van der Waals surface area contributed by atoms with Crippen molar-refractivity contribution in [2.24, 2.45) is 5.92 Å². The summed E-state index contributed by atoms with van der Waals surface area (Å²) in [4.78, 5) is 4.39. The predicted molar refractivity (Wildman–Crippen MR) is 65.6 cm³/mol. The first-order chi connectivity index (χ1) is 7.81. The molecular weight excluding hydrogens is 222 g/mol. The molecule has 0 bridgehead atoms. The number of pyridine rings is 1. The van der Waals surface area contributed by atoms with Crippen LogP contribution in [0.15, 0.2) is 18.3 Å². The Bertz CT molecular complexity index is 334. The van der Waals surface area contributed by atoms with Crippen molar-refractivity contribution >= 4 is 11.6 Å². The maximum Gasteiger partial charge on any atom is 0.0624 e. The van der Waals surface area contributed by atoms with Gasteiger partial charge in [-0.1, -0.05) is 11.6 Å². The maximum absolute atomic E-state index is 8.91. The van der Waals surface area contributed by atoms with Crippen LogP contribution in [0.2, 0.25) is 5.02 Å². The molecule has 0 aromatic carbocycles. The zero-order chi connectivity index (χ0) is 11.4. The van der Waals surface area contributed by atoms with Crippen LogP contribution < -0.4 is 0 Å². The third-order valence-corrected chi connectivity index (χ3v) is 3.88. The van der Waals surface area contributed by atoms with Crippen molar-refractivity contribution in [3.63, 3.8) is 0 Å². The van der Waals surface area contributed by atoms with Crippen LogP contribution >= 0.6 is 11.6 Å². The van der Waals surface area contributed by atoms with Crippen molar-refractivity contribution in [3.05, 3.63) is 29.0 Å². The molecule has 0 unspecified atom stereocenters. The number of hydrogen-bond acceptors (Lipinski definition) is 2. The molecule has 0 saturated heterocycles. The number of hydrogen-bond donors (Lipinski definition) is 1. The van der Waals surface area contributed by atoms with Crippen LogP contribution in [0.1, 0.15) is 43.7 Å². The Kier molecular flexibility index (Phi) is 4.19. The van der Waals surface area contributed by atoms with E-state index in [0.717, 1.165) is 30.0 Å². The molecule has 0 spiro atoms. The van der Waals surface area contributed by atoms with E-state index in [-0.39, 0.29) is 0 Å². The first kappa shape index (κ1) is 11.9. The van der Waals surface area contributed by atoms with Crippen molar-refractivity contribution in [1.29, 1.82) is 0 Å². The number of aliphatic hydroxyl groups is 1. The highest BCUT2D eigenvalue weighted by Gasteiger charge is 2.24. The summed E-state index contributed by atoms with van der Waals surface area (Å²) in [5.41, 5.74) is 1.06. The second-order valence-corrected chi connectivity index (χ2v) is 5.01. The molecule has 0 amide bonds. The fraction of sp³-hybridized carbons (Fsp3) is 0.615. The normalized spacial score (nSPS) is 25.6. The molecule has 1 aliphatic rings. The molecule has 1 aromatic heterocycles. The molecular formula is C13H18ClNO. The first-order valence-corrected chi connectivity index (χ1v) is 6.40. The highest BCUT2D eigenvalue weighted by molar-refractivity contribution is 6.31. The second kappa shape index (κ2) is 5.65. The molecule has 2 rings (SSSR count).